The lowest BCUT2D eigenvalue weighted by Crippen LogP contribution is -1.99. The molecule has 2 aromatic heterocycles. The van der Waals surface area contributed by atoms with Crippen LogP contribution in [0.5, 0.6) is 0 Å². The molecule has 0 aliphatic rings. The molecule has 0 radical (unpaired) electrons. The molecule has 0 atom stereocenters. The van der Waals surface area contributed by atoms with E-state index in [2.05, 4.69) is 156 Å². The summed E-state index contributed by atoms with van der Waals surface area (Å²) in [5, 5.41) is 7.48. The van der Waals surface area contributed by atoms with Crippen LogP contribution < -0.4 is 0 Å². The van der Waals surface area contributed by atoms with Crippen molar-refractivity contribution >= 4 is 66.5 Å². The fourth-order valence-corrected chi connectivity index (χ4v) is 6.56. The van der Waals surface area contributed by atoms with Crippen LogP contribution in [0.3, 0.4) is 0 Å². The first kappa shape index (κ1) is 23.5. The number of benzene rings is 6. The molecule has 0 spiro atoms. The van der Waals surface area contributed by atoms with Crippen molar-refractivity contribution in [3.05, 3.63) is 145 Å². The van der Waals surface area contributed by atoms with E-state index in [1.165, 1.54) is 59.9 Å². The molecule has 6 aromatic carbocycles. The number of hydrogen-bond donors (Lipinski definition) is 0. The summed E-state index contributed by atoms with van der Waals surface area (Å²) < 4.78 is 4.90. The molecule has 0 saturated carbocycles. The molecular weight excluding hydrogens is 496 g/mol. The smallest absolute Gasteiger partial charge is 0.0788 e. The third-order valence-electron chi connectivity index (χ3n) is 8.35. The summed E-state index contributed by atoms with van der Waals surface area (Å²) in [7, 11) is 0. The molecule has 8 aromatic rings. The van der Waals surface area contributed by atoms with Crippen molar-refractivity contribution in [2.45, 2.75) is 6.92 Å². The van der Waals surface area contributed by atoms with Crippen LogP contribution in [0.15, 0.2) is 134 Å². The van der Waals surface area contributed by atoms with Gasteiger partial charge in [0.05, 0.1) is 22.1 Å². The first-order valence-electron chi connectivity index (χ1n) is 14.1. The standard InChI is InChI=1S/C39H28N2/c1-3-11-27-18-20-30(24-26(27)4-2)40-36-16-9-7-14-32(36)34-22-23-35-33-15-8-10-17-37(33)41(39(35)38(34)40)31-21-19-28-12-5-6-13-29(28)25-31/h3-25H,2H2,1H3/b11-3-. The highest BCUT2D eigenvalue weighted by atomic mass is 15.0. The van der Waals surface area contributed by atoms with Gasteiger partial charge in [0, 0.05) is 32.9 Å². The van der Waals surface area contributed by atoms with E-state index < -0.39 is 0 Å². The van der Waals surface area contributed by atoms with Gasteiger partial charge in [-0.2, -0.15) is 0 Å². The van der Waals surface area contributed by atoms with Crippen molar-refractivity contribution in [1.82, 2.24) is 9.13 Å². The number of hydrogen-bond acceptors (Lipinski definition) is 0. The molecule has 0 amide bonds. The van der Waals surface area contributed by atoms with Crippen molar-refractivity contribution in [1.29, 1.82) is 0 Å². The van der Waals surface area contributed by atoms with Crippen LogP contribution in [0, 0.1) is 0 Å². The first-order chi connectivity index (χ1) is 20.3. The lowest BCUT2D eigenvalue weighted by molar-refractivity contribution is 1.15. The summed E-state index contributed by atoms with van der Waals surface area (Å²) >= 11 is 0. The molecule has 0 N–H and O–H groups in total. The number of rotatable bonds is 4. The Morgan fingerprint density at radius 2 is 1.07 bits per heavy atom. The van der Waals surface area contributed by atoms with Crippen LogP contribution in [0.4, 0.5) is 0 Å². The van der Waals surface area contributed by atoms with Crippen LogP contribution in [-0.4, -0.2) is 9.13 Å². The number of fused-ring (bicyclic) bond motifs is 8. The molecule has 2 heteroatoms. The highest BCUT2D eigenvalue weighted by Gasteiger charge is 2.21. The van der Waals surface area contributed by atoms with Gasteiger partial charge in [-0.1, -0.05) is 110 Å². The minimum atomic E-state index is 1.12. The SMILES string of the molecule is C=Cc1cc(-n2c3ccccc3c3ccc4c5ccccc5n(-c5ccc6ccccc6c5)c4c32)ccc1/C=C\C. The van der Waals surface area contributed by atoms with Crippen molar-refractivity contribution < 1.29 is 0 Å². The van der Waals surface area contributed by atoms with Gasteiger partial charge in [0.25, 0.3) is 0 Å². The summed E-state index contributed by atoms with van der Waals surface area (Å²) in [5.41, 5.74) is 9.40. The fourth-order valence-electron chi connectivity index (χ4n) is 6.56. The zero-order valence-corrected chi connectivity index (χ0v) is 22.9. The molecule has 0 aliphatic carbocycles. The average Bonchev–Trinajstić information content (AvgIpc) is 3.54. The number of aromatic nitrogens is 2. The number of para-hydroxylation sites is 2. The van der Waals surface area contributed by atoms with E-state index in [1.807, 2.05) is 6.08 Å². The second-order valence-corrected chi connectivity index (χ2v) is 10.6. The molecule has 0 aliphatic heterocycles. The Bertz CT molecular complexity index is 2340. The van der Waals surface area contributed by atoms with Gasteiger partial charge in [-0.3, -0.25) is 0 Å². The van der Waals surface area contributed by atoms with Gasteiger partial charge >= 0.3 is 0 Å². The van der Waals surface area contributed by atoms with E-state index in [9.17, 15) is 0 Å². The molecule has 0 unspecified atom stereocenters. The normalized spacial score (nSPS) is 12.0. The van der Waals surface area contributed by atoms with E-state index in [1.54, 1.807) is 0 Å². The Hall–Kier alpha value is -5.34. The maximum absolute atomic E-state index is 4.13. The van der Waals surface area contributed by atoms with Crippen LogP contribution in [-0.2, 0) is 0 Å². The van der Waals surface area contributed by atoms with Crippen molar-refractivity contribution in [2.24, 2.45) is 0 Å². The molecule has 41 heavy (non-hydrogen) atoms. The van der Waals surface area contributed by atoms with E-state index in [4.69, 9.17) is 0 Å². The highest BCUT2D eigenvalue weighted by Crippen LogP contribution is 2.42. The zero-order valence-electron chi connectivity index (χ0n) is 22.9. The Kier molecular flexibility index (Phi) is 5.23. The van der Waals surface area contributed by atoms with E-state index >= 15 is 0 Å². The van der Waals surface area contributed by atoms with Crippen LogP contribution in [0.2, 0.25) is 0 Å². The second-order valence-electron chi connectivity index (χ2n) is 10.6. The van der Waals surface area contributed by atoms with Gasteiger partial charge in [0.15, 0.2) is 0 Å². The Morgan fingerprint density at radius 1 is 0.512 bits per heavy atom. The maximum atomic E-state index is 4.13. The predicted octanol–water partition coefficient (Wildman–Crippen LogP) is 10.7. The van der Waals surface area contributed by atoms with Gasteiger partial charge < -0.3 is 9.13 Å². The largest absolute Gasteiger partial charge is 0.307 e. The molecule has 2 heterocycles. The molecule has 0 fully saturated rings. The first-order valence-corrected chi connectivity index (χ1v) is 14.1. The topological polar surface area (TPSA) is 9.86 Å². The summed E-state index contributed by atoms with van der Waals surface area (Å²) in [4.78, 5) is 0. The van der Waals surface area contributed by atoms with Gasteiger partial charge in [-0.05, 0) is 65.2 Å². The summed E-state index contributed by atoms with van der Waals surface area (Å²) in [6.45, 7) is 6.18. The zero-order chi connectivity index (χ0) is 27.5. The summed E-state index contributed by atoms with van der Waals surface area (Å²) in [5.74, 6) is 0. The number of allylic oxidation sites excluding steroid dienone is 1. The van der Waals surface area contributed by atoms with Gasteiger partial charge in [-0.25, -0.2) is 0 Å². The molecular formula is C39H28N2. The van der Waals surface area contributed by atoms with Crippen molar-refractivity contribution in [2.75, 3.05) is 0 Å². The maximum Gasteiger partial charge on any atom is 0.0788 e. The Morgan fingerprint density at radius 3 is 1.71 bits per heavy atom. The lowest BCUT2D eigenvalue weighted by Gasteiger charge is -2.14. The molecule has 8 rings (SSSR count). The molecule has 0 bridgehead atoms. The van der Waals surface area contributed by atoms with E-state index in [0.717, 1.165) is 16.9 Å². The third-order valence-corrected chi connectivity index (χ3v) is 8.35. The third kappa shape index (κ3) is 3.44. The van der Waals surface area contributed by atoms with Gasteiger partial charge in [0.2, 0.25) is 0 Å². The van der Waals surface area contributed by atoms with Gasteiger partial charge in [0.1, 0.15) is 0 Å². The van der Waals surface area contributed by atoms with Crippen LogP contribution in [0.1, 0.15) is 18.1 Å². The van der Waals surface area contributed by atoms with Crippen molar-refractivity contribution in [3.8, 4) is 11.4 Å². The quantitative estimate of drug-likeness (QED) is 0.217. The van der Waals surface area contributed by atoms with Gasteiger partial charge in [-0.15, -0.1) is 0 Å². The minimum absolute atomic E-state index is 1.12. The monoisotopic (exact) mass is 524 g/mol. The fraction of sp³-hybridized carbons (Fsp3) is 0.0256. The molecule has 2 nitrogen and oxygen atoms in total. The summed E-state index contributed by atoms with van der Waals surface area (Å²) in [6.07, 6.45) is 6.17. The van der Waals surface area contributed by atoms with Crippen molar-refractivity contribution in [3.63, 3.8) is 0 Å². The Balaban J connectivity index is 1.58. The van der Waals surface area contributed by atoms with E-state index in [-0.39, 0.29) is 0 Å². The molecule has 194 valence electrons. The average molecular weight is 525 g/mol. The predicted molar refractivity (Wildman–Crippen MR) is 177 cm³/mol. The lowest BCUT2D eigenvalue weighted by atomic mass is 10.1. The van der Waals surface area contributed by atoms with Crippen LogP contribution in [0.25, 0.3) is 77.9 Å². The minimum Gasteiger partial charge on any atom is -0.307 e. The van der Waals surface area contributed by atoms with E-state index in [0.29, 0.717) is 0 Å². The number of nitrogens with zero attached hydrogens (tertiary/aromatic N) is 2. The summed E-state index contributed by atoms with van der Waals surface area (Å²) in [6, 6.07) is 44.2. The Labute approximate surface area is 238 Å². The van der Waals surface area contributed by atoms with Crippen LogP contribution >= 0.6 is 0 Å². The second kappa shape index (κ2) is 9.11. The highest BCUT2D eigenvalue weighted by molar-refractivity contribution is 6.23. The molecule has 0 saturated heterocycles.